The Kier molecular flexibility index (Phi) is 4.38. The number of phenols is 3. The van der Waals surface area contributed by atoms with Crippen molar-refractivity contribution in [2.24, 2.45) is 5.73 Å². The maximum Gasteiger partial charge on any atom is 0.203 e. The Hall–Kier alpha value is -1.89. The molecule has 0 amide bonds. The van der Waals surface area contributed by atoms with E-state index in [0.717, 1.165) is 6.07 Å². The van der Waals surface area contributed by atoms with E-state index in [9.17, 15) is 19.7 Å². The SMILES string of the molecule is NC[C@H]1CCc2cc(F)cc(-c3c(Cl)c(O)c(O)c(O)c3Cl)c2O1. The van der Waals surface area contributed by atoms with Gasteiger partial charge in [-0.15, -0.1) is 0 Å². The Labute approximate surface area is 147 Å². The van der Waals surface area contributed by atoms with Crippen LogP contribution in [0.1, 0.15) is 12.0 Å². The van der Waals surface area contributed by atoms with Crippen LogP contribution in [0.15, 0.2) is 12.1 Å². The molecule has 2 aromatic carbocycles. The highest BCUT2D eigenvalue weighted by molar-refractivity contribution is 6.41. The summed E-state index contributed by atoms with van der Waals surface area (Å²) in [6, 6.07) is 2.48. The Balaban J connectivity index is 2.30. The first kappa shape index (κ1) is 17.0. The van der Waals surface area contributed by atoms with Gasteiger partial charge in [0.2, 0.25) is 5.75 Å². The molecule has 5 nitrogen and oxygen atoms in total. The highest BCUT2D eigenvalue weighted by atomic mass is 35.5. The lowest BCUT2D eigenvalue weighted by Gasteiger charge is -2.28. The normalized spacial score (nSPS) is 16.6. The van der Waals surface area contributed by atoms with E-state index in [1.54, 1.807) is 0 Å². The average molecular weight is 374 g/mol. The van der Waals surface area contributed by atoms with Crippen molar-refractivity contribution in [2.75, 3.05) is 6.54 Å². The minimum absolute atomic E-state index is 0.0282. The number of halogens is 3. The van der Waals surface area contributed by atoms with Crippen molar-refractivity contribution in [3.8, 4) is 34.1 Å². The number of hydrogen-bond acceptors (Lipinski definition) is 5. The zero-order valence-electron chi connectivity index (χ0n) is 12.3. The minimum Gasteiger partial charge on any atom is -0.503 e. The fourth-order valence-electron chi connectivity index (χ4n) is 2.76. The van der Waals surface area contributed by atoms with E-state index in [1.807, 2.05) is 0 Å². The summed E-state index contributed by atoms with van der Waals surface area (Å²) in [7, 11) is 0. The molecule has 5 N–H and O–H groups in total. The lowest BCUT2D eigenvalue weighted by atomic mass is 9.94. The fraction of sp³-hybridized carbons (Fsp3) is 0.250. The van der Waals surface area contributed by atoms with Gasteiger partial charge in [-0.05, 0) is 30.5 Å². The maximum atomic E-state index is 14.0. The summed E-state index contributed by atoms with van der Waals surface area (Å²) in [6.07, 6.45) is 0.936. The van der Waals surface area contributed by atoms with Gasteiger partial charge >= 0.3 is 0 Å². The van der Waals surface area contributed by atoms with Crippen LogP contribution in [-0.2, 0) is 6.42 Å². The summed E-state index contributed by atoms with van der Waals surface area (Å²) in [5.41, 5.74) is 6.39. The molecule has 0 saturated heterocycles. The zero-order valence-corrected chi connectivity index (χ0v) is 13.8. The molecule has 0 radical (unpaired) electrons. The van der Waals surface area contributed by atoms with Gasteiger partial charge in [0, 0.05) is 17.7 Å². The van der Waals surface area contributed by atoms with Gasteiger partial charge in [-0.25, -0.2) is 4.39 Å². The summed E-state index contributed by atoms with van der Waals surface area (Å²) < 4.78 is 19.8. The predicted molar refractivity (Wildman–Crippen MR) is 88.6 cm³/mol. The van der Waals surface area contributed by atoms with Crippen molar-refractivity contribution < 1.29 is 24.4 Å². The molecule has 2 aromatic rings. The van der Waals surface area contributed by atoms with Gasteiger partial charge in [-0.1, -0.05) is 23.2 Å². The summed E-state index contributed by atoms with van der Waals surface area (Å²) >= 11 is 12.1. The van der Waals surface area contributed by atoms with Gasteiger partial charge in [0.1, 0.15) is 17.7 Å². The fourth-order valence-corrected chi connectivity index (χ4v) is 3.38. The van der Waals surface area contributed by atoms with Gasteiger partial charge in [-0.2, -0.15) is 0 Å². The number of aryl methyl sites for hydroxylation is 1. The predicted octanol–water partition coefficient (Wildman–Crippen LogP) is 3.57. The highest BCUT2D eigenvalue weighted by Crippen LogP contribution is 2.54. The van der Waals surface area contributed by atoms with Gasteiger partial charge in [0.25, 0.3) is 0 Å². The Bertz CT molecular complexity index is 799. The van der Waals surface area contributed by atoms with E-state index < -0.39 is 23.1 Å². The molecule has 1 heterocycles. The molecule has 8 heteroatoms. The number of ether oxygens (including phenoxy) is 1. The zero-order chi connectivity index (χ0) is 17.6. The Morgan fingerprint density at radius 3 is 2.33 bits per heavy atom. The van der Waals surface area contributed by atoms with E-state index in [-0.39, 0.29) is 33.8 Å². The summed E-state index contributed by atoms with van der Waals surface area (Å²) in [6.45, 7) is 0.282. The van der Waals surface area contributed by atoms with Crippen LogP contribution < -0.4 is 10.5 Å². The number of phenolic OH excluding ortho intramolecular Hbond substituents is 3. The number of fused-ring (bicyclic) bond motifs is 1. The molecule has 1 aliphatic rings. The molecule has 0 aliphatic carbocycles. The number of benzene rings is 2. The van der Waals surface area contributed by atoms with Gasteiger partial charge < -0.3 is 25.8 Å². The molecule has 0 saturated carbocycles. The molecule has 128 valence electrons. The highest BCUT2D eigenvalue weighted by Gasteiger charge is 2.29. The monoisotopic (exact) mass is 373 g/mol. The summed E-state index contributed by atoms with van der Waals surface area (Å²) in [5.74, 6) is -2.56. The van der Waals surface area contributed by atoms with E-state index in [0.29, 0.717) is 24.2 Å². The molecule has 0 aromatic heterocycles. The lowest BCUT2D eigenvalue weighted by molar-refractivity contribution is 0.182. The van der Waals surface area contributed by atoms with E-state index >= 15 is 0 Å². The van der Waals surface area contributed by atoms with Gasteiger partial charge in [-0.3, -0.25) is 0 Å². The second-order valence-corrected chi connectivity index (χ2v) is 6.26. The molecule has 1 aliphatic heterocycles. The van der Waals surface area contributed by atoms with Crippen molar-refractivity contribution in [1.82, 2.24) is 0 Å². The largest absolute Gasteiger partial charge is 0.503 e. The smallest absolute Gasteiger partial charge is 0.203 e. The molecule has 0 bridgehead atoms. The second kappa shape index (κ2) is 6.20. The molecule has 24 heavy (non-hydrogen) atoms. The Morgan fingerprint density at radius 1 is 1.12 bits per heavy atom. The standard InChI is InChI=1S/C16H14Cl2FNO4/c17-11-10(12(18)14(22)15(23)13(11)21)9-4-7(19)3-6-1-2-8(5-20)24-16(6)9/h3-4,8,21-23H,1-2,5,20H2/t8-/m1/s1. The topological polar surface area (TPSA) is 95.9 Å². The van der Waals surface area contributed by atoms with Gasteiger partial charge in [0.15, 0.2) is 11.5 Å². The molecule has 0 fully saturated rings. The molecular formula is C16H14Cl2FNO4. The van der Waals surface area contributed by atoms with Crippen molar-refractivity contribution in [1.29, 1.82) is 0 Å². The van der Waals surface area contributed by atoms with Crippen LogP contribution >= 0.6 is 23.2 Å². The first-order valence-electron chi connectivity index (χ1n) is 7.16. The summed E-state index contributed by atoms with van der Waals surface area (Å²) in [5, 5.41) is 28.7. The second-order valence-electron chi connectivity index (χ2n) is 5.50. The third-order valence-electron chi connectivity index (χ3n) is 3.99. The Morgan fingerprint density at radius 2 is 1.75 bits per heavy atom. The number of rotatable bonds is 2. The van der Waals surface area contributed by atoms with Crippen LogP contribution in [0.25, 0.3) is 11.1 Å². The molecule has 1 atom stereocenters. The molecule has 0 spiro atoms. The summed E-state index contributed by atoms with van der Waals surface area (Å²) in [4.78, 5) is 0. The molecule has 3 rings (SSSR count). The lowest BCUT2D eigenvalue weighted by Crippen LogP contribution is -2.30. The van der Waals surface area contributed by atoms with E-state index in [1.165, 1.54) is 6.07 Å². The minimum atomic E-state index is -0.847. The number of nitrogens with two attached hydrogens (primary N) is 1. The van der Waals surface area contributed by atoms with Crippen LogP contribution in [0.4, 0.5) is 4.39 Å². The average Bonchev–Trinajstić information content (AvgIpc) is 2.58. The number of hydrogen-bond donors (Lipinski definition) is 4. The van der Waals surface area contributed by atoms with Crippen molar-refractivity contribution >= 4 is 23.2 Å². The van der Waals surface area contributed by atoms with Crippen LogP contribution in [0, 0.1) is 5.82 Å². The number of aromatic hydroxyl groups is 3. The third-order valence-corrected chi connectivity index (χ3v) is 4.72. The van der Waals surface area contributed by atoms with Crippen molar-refractivity contribution in [3.63, 3.8) is 0 Å². The van der Waals surface area contributed by atoms with Crippen molar-refractivity contribution in [3.05, 3.63) is 33.6 Å². The molecular weight excluding hydrogens is 360 g/mol. The van der Waals surface area contributed by atoms with Crippen LogP contribution in [0.2, 0.25) is 10.0 Å². The van der Waals surface area contributed by atoms with Gasteiger partial charge in [0.05, 0.1) is 10.0 Å². The first-order valence-corrected chi connectivity index (χ1v) is 7.92. The third kappa shape index (κ3) is 2.60. The van der Waals surface area contributed by atoms with Crippen LogP contribution in [0.5, 0.6) is 23.0 Å². The van der Waals surface area contributed by atoms with E-state index in [2.05, 4.69) is 0 Å². The van der Waals surface area contributed by atoms with Crippen molar-refractivity contribution in [2.45, 2.75) is 18.9 Å². The molecule has 0 unspecified atom stereocenters. The maximum absolute atomic E-state index is 14.0. The van der Waals surface area contributed by atoms with Crippen LogP contribution in [0.3, 0.4) is 0 Å². The quantitative estimate of drug-likeness (QED) is 0.603. The first-order chi connectivity index (χ1) is 11.3. The van der Waals surface area contributed by atoms with Crippen LogP contribution in [-0.4, -0.2) is 28.0 Å². The van der Waals surface area contributed by atoms with E-state index in [4.69, 9.17) is 33.7 Å².